The molecule has 0 saturated heterocycles. The number of carbonyl (C=O) groups is 1. The highest BCUT2D eigenvalue weighted by atomic mass is 79.9. The molecule has 8 heteroatoms. The Bertz CT molecular complexity index is 1680. The lowest BCUT2D eigenvalue weighted by Crippen LogP contribution is -2.40. The molecule has 2 aromatic carbocycles. The van der Waals surface area contributed by atoms with Crippen molar-refractivity contribution in [2.45, 2.75) is 26.3 Å². The molecular weight excluding hydrogens is 540 g/mol. The maximum atomic E-state index is 13.7. The Morgan fingerprint density at radius 3 is 2.67 bits per heavy atom. The Hall–Kier alpha value is -3.49. The Morgan fingerprint density at radius 2 is 1.97 bits per heavy atom. The molecule has 0 fully saturated rings. The van der Waals surface area contributed by atoms with Crippen molar-refractivity contribution in [1.82, 2.24) is 4.57 Å². The van der Waals surface area contributed by atoms with Gasteiger partial charge in [0.15, 0.2) is 4.80 Å². The average molecular weight is 563 g/mol. The van der Waals surface area contributed by atoms with Crippen LogP contribution < -0.4 is 14.9 Å². The van der Waals surface area contributed by atoms with Crippen molar-refractivity contribution in [2.75, 3.05) is 7.11 Å². The van der Waals surface area contributed by atoms with Crippen LogP contribution in [0.1, 0.15) is 36.3 Å². The maximum absolute atomic E-state index is 13.7. The molecular formula is C28H23BrN2O4S. The van der Waals surface area contributed by atoms with Crippen molar-refractivity contribution >= 4 is 39.3 Å². The minimum absolute atomic E-state index is 0.237. The molecule has 1 atom stereocenters. The van der Waals surface area contributed by atoms with E-state index in [1.165, 1.54) is 18.4 Å². The Labute approximate surface area is 220 Å². The highest BCUT2D eigenvalue weighted by Gasteiger charge is 2.33. The lowest BCUT2D eigenvalue weighted by atomic mass is 9.95. The first-order valence-electron chi connectivity index (χ1n) is 11.5. The molecule has 6 nitrogen and oxygen atoms in total. The van der Waals surface area contributed by atoms with Gasteiger partial charge in [-0.3, -0.25) is 9.36 Å². The van der Waals surface area contributed by atoms with Crippen LogP contribution in [0.25, 0.3) is 17.4 Å². The number of nitrogens with zero attached hydrogens (tertiary/aromatic N) is 2. The van der Waals surface area contributed by atoms with Crippen molar-refractivity contribution < 1.29 is 13.9 Å². The second-order valence-corrected chi connectivity index (χ2v) is 10.2. The molecule has 0 radical (unpaired) electrons. The van der Waals surface area contributed by atoms with Gasteiger partial charge in [-0.1, -0.05) is 70.6 Å². The summed E-state index contributed by atoms with van der Waals surface area (Å²) in [5, 5.41) is 0. The fourth-order valence-corrected chi connectivity index (χ4v) is 6.03. The quantitative estimate of drug-likeness (QED) is 0.316. The number of aryl methyl sites for hydroxylation is 1. The zero-order valence-electron chi connectivity index (χ0n) is 19.9. The Morgan fingerprint density at radius 1 is 1.19 bits per heavy atom. The topological polar surface area (TPSA) is 73.8 Å². The number of esters is 1. The summed E-state index contributed by atoms with van der Waals surface area (Å²) in [5.74, 6) is 0.768. The molecule has 1 aliphatic rings. The minimum Gasteiger partial charge on any atom is -0.466 e. The lowest BCUT2D eigenvalue weighted by molar-refractivity contribution is -0.136. The summed E-state index contributed by atoms with van der Waals surface area (Å²) >= 11 is 4.88. The second-order valence-electron chi connectivity index (χ2n) is 8.38. The van der Waals surface area contributed by atoms with E-state index >= 15 is 0 Å². The van der Waals surface area contributed by atoms with Crippen LogP contribution in [0.4, 0.5) is 0 Å². The van der Waals surface area contributed by atoms with E-state index < -0.39 is 12.0 Å². The molecule has 4 aromatic rings. The molecule has 5 rings (SSSR count). The summed E-state index contributed by atoms with van der Waals surface area (Å²) in [6, 6.07) is 18.6. The van der Waals surface area contributed by atoms with Crippen LogP contribution in [-0.4, -0.2) is 17.6 Å². The fourth-order valence-electron chi connectivity index (χ4n) is 4.34. The van der Waals surface area contributed by atoms with Gasteiger partial charge in [0.1, 0.15) is 11.5 Å². The van der Waals surface area contributed by atoms with Gasteiger partial charge in [0, 0.05) is 16.1 Å². The van der Waals surface area contributed by atoms with E-state index in [1.807, 2.05) is 74.5 Å². The highest BCUT2D eigenvalue weighted by molar-refractivity contribution is 9.10. The van der Waals surface area contributed by atoms with E-state index in [2.05, 4.69) is 20.9 Å². The predicted octanol–water partition coefficient (Wildman–Crippen LogP) is 5.13. The molecule has 0 aliphatic carbocycles. The van der Waals surface area contributed by atoms with Crippen LogP contribution in [0.3, 0.4) is 0 Å². The van der Waals surface area contributed by atoms with Gasteiger partial charge < -0.3 is 9.15 Å². The van der Waals surface area contributed by atoms with Gasteiger partial charge in [-0.25, -0.2) is 9.79 Å². The minimum atomic E-state index is -0.623. The van der Waals surface area contributed by atoms with E-state index in [-0.39, 0.29) is 5.56 Å². The standard InChI is InChI=1S/C28H23BrN2O4S/c1-4-21-24(27(33)34-3)25(17-8-6-5-7-9-17)31-26(32)23(36-28(31)30-21)15-18-11-13-22(35-18)19-12-10-16(2)14-20(19)29/h5-15,25H,4H2,1-3H3/b23-15+/t25-/m1/s1. The number of carbonyl (C=O) groups excluding carboxylic acids is 1. The summed E-state index contributed by atoms with van der Waals surface area (Å²) in [4.78, 5) is 31.8. The van der Waals surface area contributed by atoms with Crippen LogP contribution in [-0.2, 0) is 9.53 Å². The first kappa shape index (κ1) is 24.2. The van der Waals surface area contributed by atoms with Crippen LogP contribution in [0, 0.1) is 6.92 Å². The van der Waals surface area contributed by atoms with Crippen molar-refractivity contribution in [3.05, 3.63) is 113 Å². The third-order valence-corrected chi connectivity index (χ3v) is 7.69. The molecule has 0 bridgehead atoms. The van der Waals surface area contributed by atoms with E-state index in [9.17, 15) is 9.59 Å². The smallest absolute Gasteiger partial charge is 0.338 e. The molecule has 0 spiro atoms. The molecule has 182 valence electrons. The third-order valence-electron chi connectivity index (χ3n) is 6.06. The number of ether oxygens (including phenoxy) is 1. The van der Waals surface area contributed by atoms with Gasteiger partial charge in [-0.15, -0.1) is 0 Å². The summed E-state index contributed by atoms with van der Waals surface area (Å²) < 4.78 is 14.2. The third kappa shape index (κ3) is 4.31. The molecule has 0 unspecified atom stereocenters. The van der Waals surface area contributed by atoms with Gasteiger partial charge in [-0.2, -0.15) is 0 Å². The predicted molar refractivity (Wildman–Crippen MR) is 143 cm³/mol. The first-order chi connectivity index (χ1) is 17.4. The first-order valence-corrected chi connectivity index (χ1v) is 13.1. The zero-order valence-corrected chi connectivity index (χ0v) is 22.4. The van der Waals surface area contributed by atoms with Gasteiger partial charge >= 0.3 is 5.97 Å². The largest absolute Gasteiger partial charge is 0.466 e. The molecule has 0 saturated carbocycles. The summed E-state index contributed by atoms with van der Waals surface area (Å²) in [7, 11) is 1.34. The van der Waals surface area contributed by atoms with E-state index in [1.54, 1.807) is 10.6 Å². The normalized spacial score (nSPS) is 15.6. The van der Waals surface area contributed by atoms with Crippen molar-refractivity contribution in [2.24, 2.45) is 4.99 Å². The summed E-state index contributed by atoms with van der Waals surface area (Å²) in [6.45, 7) is 3.96. The van der Waals surface area contributed by atoms with Crippen molar-refractivity contribution in [3.8, 4) is 11.3 Å². The van der Waals surface area contributed by atoms with Crippen molar-refractivity contribution in [1.29, 1.82) is 0 Å². The summed E-state index contributed by atoms with van der Waals surface area (Å²) in [5.41, 5.74) is 3.66. The number of thiazole rings is 1. The van der Waals surface area contributed by atoms with Gasteiger partial charge in [-0.05, 0) is 48.7 Å². The fraction of sp³-hybridized carbons (Fsp3) is 0.179. The second kappa shape index (κ2) is 9.87. The summed E-state index contributed by atoms with van der Waals surface area (Å²) in [6.07, 6.45) is 2.26. The molecule has 1 aliphatic heterocycles. The Balaban J connectivity index is 1.66. The Kier molecular flexibility index (Phi) is 6.64. The van der Waals surface area contributed by atoms with Gasteiger partial charge in [0.2, 0.25) is 0 Å². The van der Waals surface area contributed by atoms with E-state index in [0.717, 1.165) is 21.2 Å². The average Bonchev–Trinajstić information content (AvgIpc) is 3.47. The molecule has 0 amide bonds. The number of rotatable bonds is 5. The zero-order chi connectivity index (χ0) is 25.4. The number of methoxy groups -OCH3 is 1. The number of fused-ring (bicyclic) bond motifs is 1. The number of allylic oxidation sites excluding steroid dienone is 1. The number of halogens is 1. The van der Waals surface area contributed by atoms with Gasteiger partial charge in [0.05, 0.1) is 29.0 Å². The number of hydrogen-bond acceptors (Lipinski definition) is 6. The molecule has 2 aromatic heterocycles. The molecule has 0 N–H and O–H groups in total. The number of hydrogen-bond donors (Lipinski definition) is 0. The van der Waals surface area contributed by atoms with Crippen LogP contribution in [0.2, 0.25) is 0 Å². The van der Waals surface area contributed by atoms with E-state index in [4.69, 9.17) is 9.15 Å². The number of aromatic nitrogens is 1. The number of benzene rings is 2. The molecule has 36 heavy (non-hydrogen) atoms. The van der Waals surface area contributed by atoms with Crippen LogP contribution in [0.15, 0.2) is 90.6 Å². The maximum Gasteiger partial charge on any atom is 0.338 e. The van der Waals surface area contributed by atoms with Crippen LogP contribution >= 0.6 is 27.3 Å². The van der Waals surface area contributed by atoms with Crippen molar-refractivity contribution in [3.63, 3.8) is 0 Å². The van der Waals surface area contributed by atoms with E-state index in [0.29, 0.717) is 38.5 Å². The van der Waals surface area contributed by atoms with Gasteiger partial charge in [0.25, 0.3) is 5.56 Å². The highest BCUT2D eigenvalue weighted by Crippen LogP contribution is 2.32. The SMILES string of the molecule is CCC1=C(C(=O)OC)[C@@H](c2ccccc2)n2c(s/c(=C/c3ccc(-c4ccc(C)cc4Br)o3)c2=O)=N1. The number of furan rings is 1. The monoisotopic (exact) mass is 562 g/mol. The van der Waals surface area contributed by atoms with Crippen LogP contribution in [0.5, 0.6) is 0 Å². The lowest BCUT2D eigenvalue weighted by Gasteiger charge is -2.25. The molecule has 3 heterocycles.